The molecule has 1 aliphatic rings. The van der Waals surface area contributed by atoms with Crippen LogP contribution in [0, 0.1) is 6.92 Å². The second-order valence-electron chi connectivity index (χ2n) is 6.48. The van der Waals surface area contributed by atoms with E-state index in [9.17, 15) is 13.2 Å². The van der Waals surface area contributed by atoms with Crippen LogP contribution in [0.5, 0.6) is 0 Å². The zero-order valence-corrected chi connectivity index (χ0v) is 15.9. The Morgan fingerprint density at radius 2 is 1.88 bits per heavy atom. The zero-order chi connectivity index (χ0) is 18.7. The summed E-state index contributed by atoms with van der Waals surface area (Å²) in [5.74, 6) is 0.154. The number of nitrogens with one attached hydrogen (secondary N) is 1. The minimum atomic E-state index is -3.03. The lowest BCUT2D eigenvalue weighted by Gasteiger charge is -2.31. The van der Waals surface area contributed by atoms with Crippen molar-refractivity contribution in [1.82, 2.24) is 14.7 Å². The molecule has 1 N–H and O–H groups in total. The predicted octanol–water partition coefficient (Wildman–Crippen LogP) is 2.61. The number of benzene rings is 1. The Bertz CT molecular complexity index is 869. The fourth-order valence-corrected chi connectivity index (χ4v) is 4.54. The Labute approximate surface area is 153 Å². The minimum Gasteiger partial charge on any atom is -0.324 e. The summed E-state index contributed by atoms with van der Waals surface area (Å²) in [6.07, 6.45) is 2.77. The third-order valence-corrected chi connectivity index (χ3v) is 7.09. The van der Waals surface area contributed by atoms with Gasteiger partial charge in [0.1, 0.15) is 0 Å². The average molecular weight is 376 g/mol. The van der Waals surface area contributed by atoms with Crippen LogP contribution in [0.3, 0.4) is 0 Å². The van der Waals surface area contributed by atoms with Crippen LogP contribution in [0.1, 0.15) is 25.5 Å². The fourth-order valence-electron chi connectivity index (χ4n) is 3.14. The molecular formula is C18H24N4O3S. The summed E-state index contributed by atoms with van der Waals surface area (Å²) in [7, 11) is -3.03. The largest absolute Gasteiger partial charge is 0.324 e. The van der Waals surface area contributed by atoms with Gasteiger partial charge in [-0.1, -0.05) is 25.1 Å². The van der Waals surface area contributed by atoms with E-state index in [-0.39, 0.29) is 17.0 Å². The molecule has 0 saturated carbocycles. The zero-order valence-electron chi connectivity index (χ0n) is 15.1. The van der Waals surface area contributed by atoms with E-state index in [1.807, 2.05) is 37.3 Å². The molecule has 1 fully saturated rings. The van der Waals surface area contributed by atoms with E-state index in [0.717, 1.165) is 11.4 Å². The number of nitrogens with zero attached hydrogens (tertiary/aromatic N) is 3. The van der Waals surface area contributed by atoms with Gasteiger partial charge < -0.3 is 10.2 Å². The number of hydrogen-bond acceptors (Lipinski definition) is 4. The van der Waals surface area contributed by atoms with Crippen LogP contribution in [0.4, 0.5) is 10.5 Å². The molecule has 1 aromatic carbocycles. The summed E-state index contributed by atoms with van der Waals surface area (Å²) >= 11 is 0. The molecule has 0 aliphatic carbocycles. The highest BCUT2D eigenvalue weighted by Gasteiger charge is 2.30. The van der Waals surface area contributed by atoms with E-state index < -0.39 is 9.84 Å². The molecule has 1 aliphatic heterocycles. The first kappa shape index (κ1) is 18.4. The first-order chi connectivity index (χ1) is 12.4. The lowest BCUT2D eigenvalue weighted by molar-refractivity contribution is 0.200. The number of likely N-dealkylation sites (tertiary alicyclic amines) is 1. The van der Waals surface area contributed by atoms with E-state index in [1.165, 1.54) is 0 Å². The first-order valence-electron chi connectivity index (χ1n) is 8.80. The second-order valence-corrected chi connectivity index (χ2v) is 9.05. The van der Waals surface area contributed by atoms with Crippen LogP contribution >= 0.6 is 0 Å². The molecule has 0 atom stereocenters. The molecule has 0 unspecified atom stereocenters. The van der Waals surface area contributed by atoms with Gasteiger partial charge in [-0.2, -0.15) is 5.10 Å². The summed E-state index contributed by atoms with van der Waals surface area (Å²) in [4.78, 5) is 14.2. The molecule has 1 aromatic heterocycles. The Morgan fingerprint density at radius 1 is 1.23 bits per heavy atom. The predicted molar refractivity (Wildman–Crippen MR) is 101 cm³/mol. The van der Waals surface area contributed by atoms with Crippen molar-refractivity contribution < 1.29 is 13.2 Å². The van der Waals surface area contributed by atoms with Crippen LogP contribution in [0.2, 0.25) is 0 Å². The van der Waals surface area contributed by atoms with Crippen molar-refractivity contribution >= 4 is 21.6 Å². The molecule has 26 heavy (non-hydrogen) atoms. The quantitative estimate of drug-likeness (QED) is 0.889. The number of carbonyl (C=O) groups excluding carboxylic acids is 1. The molecule has 2 aromatic rings. The van der Waals surface area contributed by atoms with Gasteiger partial charge in [0, 0.05) is 18.8 Å². The van der Waals surface area contributed by atoms with Crippen LogP contribution in [-0.4, -0.2) is 53.2 Å². The Morgan fingerprint density at radius 3 is 2.50 bits per heavy atom. The molecule has 0 bridgehead atoms. The SMILES string of the molecule is CCS(=O)(=O)C1CCN(C(=O)Nc2cn(-c3ccccc3)nc2C)CC1. The summed E-state index contributed by atoms with van der Waals surface area (Å²) in [6.45, 7) is 4.40. The first-order valence-corrected chi connectivity index (χ1v) is 10.5. The van der Waals surface area contributed by atoms with Crippen molar-refractivity contribution in [2.24, 2.45) is 0 Å². The van der Waals surface area contributed by atoms with Gasteiger partial charge >= 0.3 is 6.03 Å². The maximum Gasteiger partial charge on any atom is 0.321 e. The number of anilines is 1. The van der Waals surface area contributed by atoms with E-state index in [2.05, 4.69) is 10.4 Å². The second kappa shape index (κ2) is 7.49. The van der Waals surface area contributed by atoms with Gasteiger partial charge in [-0.3, -0.25) is 0 Å². The monoisotopic (exact) mass is 376 g/mol. The Balaban J connectivity index is 1.64. The molecule has 0 spiro atoms. The lowest BCUT2D eigenvalue weighted by atomic mass is 10.1. The number of hydrogen-bond donors (Lipinski definition) is 1. The number of piperidine rings is 1. The number of aryl methyl sites for hydroxylation is 1. The van der Waals surface area contributed by atoms with Gasteiger partial charge in [0.25, 0.3) is 0 Å². The van der Waals surface area contributed by atoms with Crippen molar-refractivity contribution in [3.8, 4) is 5.69 Å². The van der Waals surface area contributed by atoms with Crippen molar-refractivity contribution in [2.75, 3.05) is 24.2 Å². The number of aromatic nitrogens is 2. The number of rotatable bonds is 4. The topological polar surface area (TPSA) is 84.3 Å². The van der Waals surface area contributed by atoms with Gasteiger partial charge in [0.05, 0.1) is 28.5 Å². The highest BCUT2D eigenvalue weighted by molar-refractivity contribution is 7.92. The van der Waals surface area contributed by atoms with E-state index in [4.69, 9.17) is 0 Å². The summed E-state index contributed by atoms with van der Waals surface area (Å²) in [5, 5.41) is 7.00. The van der Waals surface area contributed by atoms with Gasteiger partial charge in [0.15, 0.2) is 9.84 Å². The maximum absolute atomic E-state index is 12.5. The molecule has 3 rings (SSSR count). The fraction of sp³-hybridized carbons (Fsp3) is 0.444. The van der Waals surface area contributed by atoms with Crippen LogP contribution in [0.15, 0.2) is 36.5 Å². The molecule has 8 heteroatoms. The van der Waals surface area contributed by atoms with E-state index in [0.29, 0.717) is 31.6 Å². The number of amides is 2. The third-order valence-electron chi connectivity index (χ3n) is 4.80. The molecular weight excluding hydrogens is 352 g/mol. The van der Waals surface area contributed by atoms with Crippen LogP contribution < -0.4 is 5.32 Å². The van der Waals surface area contributed by atoms with Gasteiger partial charge in [-0.15, -0.1) is 0 Å². The number of para-hydroxylation sites is 1. The number of carbonyl (C=O) groups is 1. The summed E-state index contributed by atoms with van der Waals surface area (Å²) in [5.41, 5.74) is 2.30. The molecule has 140 valence electrons. The Hall–Kier alpha value is -2.35. The van der Waals surface area contributed by atoms with Crippen molar-refractivity contribution in [2.45, 2.75) is 31.9 Å². The van der Waals surface area contributed by atoms with Gasteiger partial charge in [-0.25, -0.2) is 17.9 Å². The van der Waals surface area contributed by atoms with Crippen LogP contribution in [0.25, 0.3) is 5.69 Å². The minimum absolute atomic E-state index is 0.154. The van der Waals surface area contributed by atoms with Crippen molar-refractivity contribution in [3.05, 3.63) is 42.2 Å². The smallest absolute Gasteiger partial charge is 0.321 e. The number of sulfone groups is 1. The van der Waals surface area contributed by atoms with Crippen LogP contribution in [-0.2, 0) is 9.84 Å². The maximum atomic E-state index is 12.5. The molecule has 2 amide bonds. The van der Waals surface area contributed by atoms with Gasteiger partial charge in [-0.05, 0) is 31.9 Å². The molecule has 1 saturated heterocycles. The summed E-state index contributed by atoms with van der Waals surface area (Å²) in [6, 6.07) is 9.46. The molecule has 0 radical (unpaired) electrons. The normalized spacial score (nSPS) is 15.8. The lowest BCUT2D eigenvalue weighted by Crippen LogP contribution is -2.44. The molecule has 7 nitrogen and oxygen atoms in total. The van der Waals surface area contributed by atoms with Crippen molar-refractivity contribution in [3.63, 3.8) is 0 Å². The Kier molecular flexibility index (Phi) is 5.31. The van der Waals surface area contributed by atoms with E-state index in [1.54, 1.807) is 22.7 Å². The van der Waals surface area contributed by atoms with E-state index >= 15 is 0 Å². The highest BCUT2D eigenvalue weighted by atomic mass is 32.2. The van der Waals surface area contributed by atoms with Gasteiger partial charge in [0.2, 0.25) is 0 Å². The number of urea groups is 1. The highest BCUT2D eigenvalue weighted by Crippen LogP contribution is 2.21. The molecule has 2 heterocycles. The van der Waals surface area contributed by atoms with Crippen molar-refractivity contribution in [1.29, 1.82) is 0 Å². The standard InChI is InChI=1S/C18H24N4O3S/c1-3-26(24,25)16-9-11-21(12-10-16)18(23)19-17-13-22(20-14(17)2)15-7-5-4-6-8-15/h4-8,13,16H,3,9-12H2,1-2H3,(H,19,23). The third kappa shape index (κ3) is 3.90. The summed E-state index contributed by atoms with van der Waals surface area (Å²) < 4.78 is 25.7. The average Bonchev–Trinajstić information content (AvgIpc) is 3.03.